The number of aromatic nitrogens is 4. The highest BCUT2D eigenvalue weighted by Crippen LogP contribution is 2.12. The first kappa shape index (κ1) is 9.76. The maximum absolute atomic E-state index is 12.8. The van der Waals surface area contributed by atoms with Crippen molar-refractivity contribution in [1.29, 1.82) is 0 Å². The van der Waals surface area contributed by atoms with Crippen LogP contribution in [-0.4, -0.2) is 19.7 Å². The fraction of sp³-hybridized carbons (Fsp3) is 0.300. The lowest BCUT2D eigenvalue weighted by molar-refractivity contribution is 0.575. The van der Waals surface area contributed by atoms with E-state index in [-0.39, 0.29) is 0 Å². The molecule has 0 radical (unpaired) electrons. The highest BCUT2D eigenvalue weighted by atomic mass is 19.1. The SMILES string of the molecule is CC(C)c1ccn(-c2cc(F)ncn2)n1. The predicted octanol–water partition coefficient (Wildman–Crippen LogP) is 1.92. The van der Waals surface area contributed by atoms with Gasteiger partial charge in [0.1, 0.15) is 6.33 Å². The quantitative estimate of drug-likeness (QED) is 0.705. The molecule has 0 amide bonds. The van der Waals surface area contributed by atoms with Crippen molar-refractivity contribution in [1.82, 2.24) is 19.7 Å². The first-order chi connectivity index (χ1) is 7.16. The molecule has 0 aromatic carbocycles. The summed E-state index contributed by atoms with van der Waals surface area (Å²) >= 11 is 0. The standard InChI is InChI=1S/C10H11FN4/c1-7(2)8-3-4-15(14-8)10-5-9(11)12-6-13-10/h3-7H,1-2H3. The minimum Gasteiger partial charge on any atom is -0.222 e. The van der Waals surface area contributed by atoms with E-state index in [4.69, 9.17) is 0 Å². The molecule has 2 rings (SSSR count). The predicted molar refractivity (Wildman–Crippen MR) is 53.2 cm³/mol. The number of nitrogens with zero attached hydrogens (tertiary/aromatic N) is 4. The van der Waals surface area contributed by atoms with Crippen molar-refractivity contribution in [3.8, 4) is 5.82 Å². The first-order valence-electron chi connectivity index (χ1n) is 4.70. The zero-order valence-corrected chi connectivity index (χ0v) is 8.55. The van der Waals surface area contributed by atoms with E-state index in [1.54, 1.807) is 10.9 Å². The number of hydrogen-bond acceptors (Lipinski definition) is 3. The van der Waals surface area contributed by atoms with Crippen molar-refractivity contribution in [3.63, 3.8) is 0 Å². The van der Waals surface area contributed by atoms with Crippen LogP contribution in [0.3, 0.4) is 0 Å². The molecular formula is C10H11FN4. The monoisotopic (exact) mass is 206 g/mol. The van der Waals surface area contributed by atoms with Gasteiger partial charge in [-0.05, 0) is 12.0 Å². The van der Waals surface area contributed by atoms with Gasteiger partial charge in [-0.2, -0.15) is 9.49 Å². The van der Waals surface area contributed by atoms with Crippen LogP contribution in [0.25, 0.3) is 5.82 Å². The van der Waals surface area contributed by atoms with E-state index in [0.29, 0.717) is 11.7 Å². The molecule has 0 bridgehead atoms. The summed E-state index contributed by atoms with van der Waals surface area (Å²) in [5, 5.41) is 4.28. The van der Waals surface area contributed by atoms with Crippen LogP contribution >= 0.6 is 0 Å². The van der Waals surface area contributed by atoms with Crippen LogP contribution in [0.4, 0.5) is 4.39 Å². The van der Waals surface area contributed by atoms with Gasteiger partial charge in [-0.15, -0.1) is 0 Å². The molecule has 15 heavy (non-hydrogen) atoms. The minimum atomic E-state index is -0.554. The molecular weight excluding hydrogens is 195 g/mol. The average molecular weight is 206 g/mol. The molecule has 78 valence electrons. The molecule has 0 atom stereocenters. The van der Waals surface area contributed by atoms with Gasteiger partial charge in [-0.1, -0.05) is 13.8 Å². The third-order valence-electron chi connectivity index (χ3n) is 2.06. The summed E-state index contributed by atoms with van der Waals surface area (Å²) in [5.41, 5.74) is 0.953. The van der Waals surface area contributed by atoms with Gasteiger partial charge >= 0.3 is 0 Å². The second kappa shape index (κ2) is 3.76. The number of rotatable bonds is 2. The molecule has 2 aromatic rings. The molecule has 0 unspecified atom stereocenters. The van der Waals surface area contributed by atoms with E-state index in [1.807, 2.05) is 19.9 Å². The Morgan fingerprint density at radius 1 is 1.33 bits per heavy atom. The molecule has 0 saturated carbocycles. The van der Waals surface area contributed by atoms with Gasteiger partial charge in [0.05, 0.1) is 5.69 Å². The highest BCUT2D eigenvalue weighted by molar-refractivity contribution is 5.20. The lowest BCUT2D eigenvalue weighted by Gasteiger charge is -2.00. The van der Waals surface area contributed by atoms with Crippen LogP contribution < -0.4 is 0 Å². The molecule has 0 aliphatic heterocycles. The first-order valence-corrected chi connectivity index (χ1v) is 4.70. The Balaban J connectivity index is 2.37. The summed E-state index contributed by atoms with van der Waals surface area (Å²) in [4.78, 5) is 7.32. The molecule has 0 fully saturated rings. The Bertz CT molecular complexity index is 464. The van der Waals surface area contributed by atoms with E-state index in [2.05, 4.69) is 15.1 Å². The second-order valence-electron chi connectivity index (χ2n) is 3.54. The average Bonchev–Trinajstić information content (AvgIpc) is 2.66. The Kier molecular flexibility index (Phi) is 2.45. The van der Waals surface area contributed by atoms with Crippen LogP contribution in [0.2, 0.25) is 0 Å². The van der Waals surface area contributed by atoms with Gasteiger partial charge in [0, 0.05) is 12.3 Å². The molecule has 5 heteroatoms. The van der Waals surface area contributed by atoms with Gasteiger partial charge in [-0.3, -0.25) is 0 Å². The fourth-order valence-corrected chi connectivity index (χ4v) is 1.22. The zero-order chi connectivity index (χ0) is 10.8. The van der Waals surface area contributed by atoms with Crippen molar-refractivity contribution in [2.75, 3.05) is 0 Å². The molecule has 4 nitrogen and oxygen atoms in total. The third kappa shape index (κ3) is 2.01. The van der Waals surface area contributed by atoms with Crippen molar-refractivity contribution in [2.45, 2.75) is 19.8 Å². The maximum atomic E-state index is 12.8. The van der Waals surface area contributed by atoms with Crippen LogP contribution in [0.15, 0.2) is 24.7 Å². The van der Waals surface area contributed by atoms with Gasteiger partial charge in [0.2, 0.25) is 5.95 Å². The van der Waals surface area contributed by atoms with Crippen molar-refractivity contribution in [3.05, 3.63) is 36.3 Å². The Hall–Kier alpha value is -1.78. The van der Waals surface area contributed by atoms with Crippen LogP contribution in [-0.2, 0) is 0 Å². The van der Waals surface area contributed by atoms with E-state index in [9.17, 15) is 4.39 Å². The second-order valence-corrected chi connectivity index (χ2v) is 3.54. The van der Waals surface area contributed by atoms with E-state index in [0.717, 1.165) is 5.69 Å². The normalized spacial score (nSPS) is 10.9. The molecule has 0 aliphatic rings. The molecule has 0 saturated heterocycles. The zero-order valence-electron chi connectivity index (χ0n) is 8.55. The van der Waals surface area contributed by atoms with Crippen molar-refractivity contribution >= 4 is 0 Å². The molecule has 0 N–H and O–H groups in total. The molecule has 0 aliphatic carbocycles. The Morgan fingerprint density at radius 2 is 2.13 bits per heavy atom. The van der Waals surface area contributed by atoms with Gasteiger partial charge in [0.15, 0.2) is 5.82 Å². The lowest BCUT2D eigenvalue weighted by Crippen LogP contribution is -2.01. The summed E-state index contributed by atoms with van der Waals surface area (Å²) in [6.45, 7) is 4.10. The van der Waals surface area contributed by atoms with Gasteiger partial charge in [0.25, 0.3) is 0 Å². The summed E-state index contributed by atoms with van der Waals surface area (Å²) < 4.78 is 14.4. The van der Waals surface area contributed by atoms with Crippen molar-refractivity contribution < 1.29 is 4.39 Å². The number of halogens is 1. The summed E-state index contributed by atoms with van der Waals surface area (Å²) in [7, 11) is 0. The van der Waals surface area contributed by atoms with E-state index >= 15 is 0 Å². The lowest BCUT2D eigenvalue weighted by atomic mass is 10.1. The minimum absolute atomic E-state index is 0.345. The topological polar surface area (TPSA) is 43.6 Å². The van der Waals surface area contributed by atoms with E-state index in [1.165, 1.54) is 12.4 Å². The van der Waals surface area contributed by atoms with Crippen LogP contribution in [0, 0.1) is 5.95 Å². The smallest absolute Gasteiger partial charge is 0.218 e. The Labute approximate surface area is 86.8 Å². The summed E-state index contributed by atoms with van der Waals surface area (Å²) in [5.74, 6) is 0.230. The summed E-state index contributed by atoms with van der Waals surface area (Å²) in [6.07, 6.45) is 2.94. The fourth-order valence-electron chi connectivity index (χ4n) is 1.22. The maximum Gasteiger partial charge on any atom is 0.218 e. The van der Waals surface area contributed by atoms with E-state index < -0.39 is 5.95 Å². The Morgan fingerprint density at radius 3 is 2.73 bits per heavy atom. The third-order valence-corrected chi connectivity index (χ3v) is 2.06. The van der Waals surface area contributed by atoms with Crippen molar-refractivity contribution in [2.24, 2.45) is 0 Å². The summed E-state index contributed by atoms with van der Waals surface area (Å²) in [6, 6.07) is 3.14. The molecule has 2 heterocycles. The largest absolute Gasteiger partial charge is 0.222 e. The van der Waals surface area contributed by atoms with Crippen LogP contribution in [0.5, 0.6) is 0 Å². The highest BCUT2D eigenvalue weighted by Gasteiger charge is 2.06. The van der Waals surface area contributed by atoms with Gasteiger partial charge < -0.3 is 0 Å². The van der Waals surface area contributed by atoms with Crippen LogP contribution in [0.1, 0.15) is 25.5 Å². The molecule has 0 spiro atoms. The van der Waals surface area contributed by atoms with Gasteiger partial charge in [-0.25, -0.2) is 14.6 Å². The molecule has 2 aromatic heterocycles. The number of hydrogen-bond donors (Lipinski definition) is 0.